The second-order valence-electron chi connectivity index (χ2n) is 13.6. The highest BCUT2D eigenvalue weighted by Gasteiger charge is 2.76. The van der Waals surface area contributed by atoms with Gasteiger partial charge in [0.05, 0.1) is 16.2 Å². The molecule has 3 saturated carbocycles. The van der Waals surface area contributed by atoms with Crippen molar-refractivity contribution in [3.05, 3.63) is 23.8 Å². The number of halogens is 2. The van der Waals surface area contributed by atoms with Gasteiger partial charge in [0.25, 0.3) is 0 Å². The Morgan fingerprint density at radius 1 is 1.10 bits per heavy atom. The van der Waals surface area contributed by atoms with E-state index in [2.05, 4.69) is 13.8 Å². The summed E-state index contributed by atoms with van der Waals surface area (Å²) in [5.74, 6) is -1.96. The van der Waals surface area contributed by atoms with Gasteiger partial charge in [-0.05, 0) is 68.9 Å². The largest absolute Gasteiger partial charge is 0.457 e. The van der Waals surface area contributed by atoms with Crippen LogP contribution in [-0.4, -0.2) is 46.0 Å². The number of carbonyl (C=O) groups is 4. The van der Waals surface area contributed by atoms with Crippen LogP contribution < -0.4 is 0 Å². The molecule has 8 atom stereocenters. The Morgan fingerprint density at radius 2 is 1.79 bits per heavy atom. The van der Waals surface area contributed by atoms with Gasteiger partial charge in [0, 0.05) is 23.2 Å². The molecule has 0 unspecified atom stereocenters. The summed E-state index contributed by atoms with van der Waals surface area (Å²) in [6.45, 7) is 11.5. The first-order chi connectivity index (χ1) is 19.8. The minimum atomic E-state index is -1.49. The maximum atomic E-state index is 14.4. The van der Waals surface area contributed by atoms with Gasteiger partial charge in [-0.1, -0.05) is 66.0 Å². The number of fused-ring (bicyclic) bond motifs is 5. The fourth-order valence-corrected chi connectivity index (χ4v) is 10.3. The van der Waals surface area contributed by atoms with Gasteiger partial charge in [0.1, 0.15) is 0 Å². The first kappa shape index (κ1) is 33.2. The average molecular weight is 624 g/mol. The number of alkyl halides is 2. The van der Waals surface area contributed by atoms with Crippen molar-refractivity contribution in [3.8, 4) is 0 Å². The number of unbranched alkanes of at least 4 members (excludes halogenated alkanes) is 2. The molecule has 6 nitrogen and oxygen atoms in total. The number of Topliss-reactive ketones (excluding diaryl/α,β-unsaturated/α-hetero) is 1. The van der Waals surface area contributed by atoms with Crippen molar-refractivity contribution in [2.75, 3.05) is 6.61 Å². The Labute approximate surface area is 261 Å². The van der Waals surface area contributed by atoms with E-state index in [-0.39, 0.29) is 41.7 Å². The Balaban J connectivity index is 1.74. The molecule has 0 aromatic rings. The lowest BCUT2D eigenvalue weighted by atomic mass is 9.46. The van der Waals surface area contributed by atoms with Gasteiger partial charge in [-0.3, -0.25) is 19.2 Å². The molecular formula is C34H48Cl2O6. The highest BCUT2D eigenvalue weighted by atomic mass is 35.5. The number of hydrogen-bond donors (Lipinski definition) is 0. The van der Waals surface area contributed by atoms with Gasteiger partial charge in [0.15, 0.2) is 18.0 Å². The van der Waals surface area contributed by atoms with Gasteiger partial charge in [-0.15, -0.1) is 23.2 Å². The van der Waals surface area contributed by atoms with Crippen LogP contribution in [0.3, 0.4) is 0 Å². The zero-order valence-corrected chi connectivity index (χ0v) is 27.6. The molecule has 0 bridgehead atoms. The average Bonchev–Trinajstić information content (AvgIpc) is 3.15. The zero-order valence-electron chi connectivity index (χ0n) is 26.1. The van der Waals surface area contributed by atoms with Crippen molar-refractivity contribution >= 4 is 46.7 Å². The van der Waals surface area contributed by atoms with Gasteiger partial charge in [-0.25, -0.2) is 0 Å². The van der Waals surface area contributed by atoms with E-state index in [0.717, 1.165) is 24.8 Å². The standard InChI is InChI=1S/C34H48Cl2O6/c1-7-10-11-12-29(39)42-34(28(38)20-41-30(40)22(8-2)9-3)21(4)17-26-25-14-13-23-18-24(37)15-16-31(23,5)33(25,36)27(35)19-32(26,34)6/h15-16,18,21-22,25-27H,7-14,17,19-20H2,1-6H3/t21-,25+,26+,27+,31+,32+,33+,34+/m1/s1. The molecule has 0 radical (unpaired) electrons. The lowest BCUT2D eigenvalue weighted by molar-refractivity contribution is -0.196. The van der Waals surface area contributed by atoms with E-state index in [4.69, 9.17) is 32.7 Å². The summed E-state index contributed by atoms with van der Waals surface area (Å²) < 4.78 is 12.0. The molecule has 4 aliphatic carbocycles. The quantitative estimate of drug-likeness (QED) is 0.134. The number of ether oxygens (including phenoxy) is 2. The SMILES string of the molecule is CCCCCC(=O)O[C@]1(C(=O)COC(=O)C(CC)CC)[C@H](C)C[C@H]2[C@@H]3CCC4=CC(=O)C=C[C@]4(C)[C@@]3(Cl)[C@@H](Cl)C[C@@]21C. The molecule has 42 heavy (non-hydrogen) atoms. The molecule has 0 saturated heterocycles. The smallest absolute Gasteiger partial charge is 0.309 e. The van der Waals surface area contributed by atoms with Crippen LogP contribution in [0, 0.1) is 34.5 Å². The molecule has 0 heterocycles. The van der Waals surface area contributed by atoms with Gasteiger partial charge in [0.2, 0.25) is 5.78 Å². The molecule has 0 aromatic heterocycles. The van der Waals surface area contributed by atoms with E-state index < -0.39 is 45.2 Å². The number of ketones is 2. The molecule has 0 aromatic carbocycles. The van der Waals surface area contributed by atoms with E-state index in [1.807, 2.05) is 33.8 Å². The molecule has 4 rings (SSSR count). The Hall–Kier alpha value is -1.66. The summed E-state index contributed by atoms with van der Waals surface area (Å²) in [7, 11) is 0. The van der Waals surface area contributed by atoms with E-state index in [1.54, 1.807) is 12.2 Å². The molecule has 0 N–H and O–H groups in total. The predicted octanol–water partition coefficient (Wildman–Crippen LogP) is 7.53. The summed E-state index contributed by atoms with van der Waals surface area (Å²) in [6, 6.07) is 0. The van der Waals surface area contributed by atoms with Crippen LogP contribution in [0.25, 0.3) is 0 Å². The second-order valence-corrected chi connectivity index (χ2v) is 14.7. The lowest BCUT2D eigenvalue weighted by Crippen LogP contribution is -2.68. The van der Waals surface area contributed by atoms with Crippen LogP contribution in [0.5, 0.6) is 0 Å². The first-order valence-electron chi connectivity index (χ1n) is 16.0. The van der Waals surface area contributed by atoms with Crippen molar-refractivity contribution in [2.45, 2.75) is 122 Å². The predicted molar refractivity (Wildman–Crippen MR) is 164 cm³/mol. The van der Waals surface area contributed by atoms with Gasteiger partial charge < -0.3 is 9.47 Å². The minimum Gasteiger partial charge on any atom is -0.457 e. The number of rotatable bonds is 11. The maximum Gasteiger partial charge on any atom is 0.309 e. The highest BCUT2D eigenvalue weighted by molar-refractivity contribution is 6.34. The number of hydrogen-bond acceptors (Lipinski definition) is 6. The van der Waals surface area contributed by atoms with Crippen molar-refractivity contribution in [2.24, 2.45) is 34.5 Å². The van der Waals surface area contributed by atoms with E-state index >= 15 is 0 Å². The molecule has 0 aliphatic heterocycles. The molecule has 8 heteroatoms. The second kappa shape index (κ2) is 12.4. The number of carbonyl (C=O) groups excluding carboxylic acids is 4. The molecule has 4 aliphatic rings. The lowest BCUT2D eigenvalue weighted by Gasteiger charge is -2.64. The van der Waals surface area contributed by atoms with Crippen LogP contribution in [0.15, 0.2) is 23.8 Å². The number of allylic oxidation sites excluding steroid dienone is 4. The fourth-order valence-electron chi connectivity index (χ4n) is 9.07. The minimum absolute atomic E-state index is 0.0371. The maximum absolute atomic E-state index is 14.4. The summed E-state index contributed by atoms with van der Waals surface area (Å²) in [4.78, 5) is 52.0. The van der Waals surface area contributed by atoms with Crippen molar-refractivity contribution in [1.29, 1.82) is 0 Å². The van der Waals surface area contributed by atoms with Crippen LogP contribution in [0.1, 0.15) is 106 Å². The topological polar surface area (TPSA) is 86.7 Å². The molecule has 0 spiro atoms. The zero-order chi connectivity index (χ0) is 31.1. The van der Waals surface area contributed by atoms with E-state index in [1.165, 1.54) is 0 Å². The van der Waals surface area contributed by atoms with E-state index in [0.29, 0.717) is 38.5 Å². The van der Waals surface area contributed by atoms with Crippen molar-refractivity contribution < 1.29 is 28.7 Å². The summed E-state index contributed by atoms with van der Waals surface area (Å²) in [5.41, 5.74) is -1.92. The Kier molecular flexibility index (Phi) is 9.80. The Morgan fingerprint density at radius 3 is 2.43 bits per heavy atom. The van der Waals surface area contributed by atoms with Crippen molar-refractivity contribution in [1.82, 2.24) is 0 Å². The molecular weight excluding hydrogens is 575 g/mol. The van der Waals surface area contributed by atoms with Crippen molar-refractivity contribution in [3.63, 3.8) is 0 Å². The van der Waals surface area contributed by atoms with E-state index in [9.17, 15) is 19.2 Å². The molecule has 3 fully saturated rings. The Bertz CT molecular complexity index is 1160. The van der Waals surface area contributed by atoms with Crippen LogP contribution in [-0.2, 0) is 28.7 Å². The summed E-state index contributed by atoms with van der Waals surface area (Å²) >= 11 is 15.0. The van der Waals surface area contributed by atoms with Crippen LogP contribution in [0.4, 0.5) is 0 Å². The first-order valence-corrected chi connectivity index (χ1v) is 16.8. The molecule has 234 valence electrons. The third-order valence-electron chi connectivity index (χ3n) is 11.5. The fraction of sp³-hybridized carbons (Fsp3) is 0.765. The van der Waals surface area contributed by atoms with Crippen LogP contribution in [0.2, 0.25) is 0 Å². The van der Waals surface area contributed by atoms with Crippen LogP contribution >= 0.6 is 23.2 Å². The third-order valence-corrected chi connectivity index (χ3v) is 13.0. The van der Waals surface area contributed by atoms with Gasteiger partial charge >= 0.3 is 11.9 Å². The summed E-state index contributed by atoms with van der Waals surface area (Å²) in [6.07, 6.45) is 11.6. The summed E-state index contributed by atoms with van der Waals surface area (Å²) in [5, 5.41) is -0.569. The third kappa shape index (κ3) is 5.01. The normalized spacial score (nSPS) is 38.8. The molecule has 0 amide bonds. The van der Waals surface area contributed by atoms with Gasteiger partial charge in [-0.2, -0.15) is 0 Å². The highest BCUT2D eigenvalue weighted by Crippen LogP contribution is 2.73. The number of esters is 2. The monoisotopic (exact) mass is 622 g/mol.